The molecule has 0 aliphatic carbocycles. The highest BCUT2D eigenvalue weighted by atomic mass is 16.6. The minimum atomic E-state index is -2.55. The lowest BCUT2D eigenvalue weighted by atomic mass is 9.91. The number of aliphatic hydroxyl groups is 1. The van der Waals surface area contributed by atoms with Crippen LogP contribution >= 0.6 is 0 Å². The topological polar surface area (TPSA) is 131 Å². The summed E-state index contributed by atoms with van der Waals surface area (Å²) in [7, 11) is 1.54. The zero-order chi connectivity index (χ0) is 30.4. The largest absolute Gasteiger partial charge is 0.458 e. The zero-order valence-corrected chi connectivity index (χ0v) is 24.0. The van der Waals surface area contributed by atoms with Crippen LogP contribution in [0.2, 0.25) is 0 Å². The maximum atomic E-state index is 13.0. The van der Waals surface area contributed by atoms with Crippen molar-refractivity contribution in [2.24, 2.45) is 5.92 Å². The Morgan fingerprint density at radius 2 is 1.26 bits per heavy atom. The number of hydrogen-bond donors (Lipinski definition) is 3. The maximum absolute atomic E-state index is 13.0. The lowest BCUT2D eigenvalue weighted by Gasteiger charge is -2.25. The van der Waals surface area contributed by atoms with Crippen molar-refractivity contribution in [2.75, 3.05) is 13.6 Å². The van der Waals surface area contributed by atoms with Crippen LogP contribution in [-0.2, 0) is 41.9 Å². The SMILES string of the molecule is CNC(=O)C(CNC(=O)CC(C)CCC(O)(C(=O)OCc1ccccc1)C(=O)OCc1ccccc1)c1ccccc1. The molecule has 3 N–H and O–H groups in total. The molecule has 0 fully saturated rings. The number of rotatable bonds is 15. The number of esters is 2. The molecule has 42 heavy (non-hydrogen) atoms. The third kappa shape index (κ3) is 9.55. The van der Waals surface area contributed by atoms with E-state index in [1.54, 1.807) is 62.5 Å². The third-order valence-electron chi connectivity index (χ3n) is 6.90. The van der Waals surface area contributed by atoms with Crippen molar-refractivity contribution in [2.45, 2.75) is 50.9 Å². The number of likely N-dealkylation sites (N-methyl/N-ethyl adjacent to an activating group) is 1. The van der Waals surface area contributed by atoms with E-state index in [0.29, 0.717) is 11.1 Å². The summed E-state index contributed by atoms with van der Waals surface area (Å²) in [4.78, 5) is 51.2. The number of benzene rings is 3. The fraction of sp³-hybridized carbons (Fsp3) is 0.333. The van der Waals surface area contributed by atoms with Gasteiger partial charge in [-0.2, -0.15) is 0 Å². The number of nitrogens with one attached hydrogen (secondary N) is 2. The fourth-order valence-electron chi connectivity index (χ4n) is 4.36. The normalized spacial score (nSPS) is 12.5. The first-order valence-electron chi connectivity index (χ1n) is 13.9. The van der Waals surface area contributed by atoms with Gasteiger partial charge in [0.2, 0.25) is 11.8 Å². The number of ether oxygens (including phenoxy) is 2. The lowest BCUT2D eigenvalue weighted by molar-refractivity contribution is -0.186. The van der Waals surface area contributed by atoms with E-state index >= 15 is 0 Å². The zero-order valence-electron chi connectivity index (χ0n) is 24.0. The van der Waals surface area contributed by atoms with Crippen molar-refractivity contribution in [1.82, 2.24) is 10.6 Å². The first kappa shape index (κ1) is 32.0. The quantitative estimate of drug-likeness (QED) is 0.187. The second-order valence-electron chi connectivity index (χ2n) is 10.2. The molecule has 9 heteroatoms. The van der Waals surface area contributed by atoms with Gasteiger partial charge in [0.25, 0.3) is 5.60 Å². The molecule has 0 bridgehead atoms. The average Bonchev–Trinajstić information content (AvgIpc) is 3.02. The molecule has 3 aromatic rings. The van der Waals surface area contributed by atoms with E-state index in [-0.39, 0.29) is 56.8 Å². The molecule has 0 spiro atoms. The summed E-state index contributed by atoms with van der Waals surface area (Å²) in [6.45, 7) is 1.63. The average molecular weight is 575 g/mol. The van der Waals surface area contributed by atoms with Crippen molar-refractivity contribution in [3.8, 4) is 0 Å². The summed E-state index contributed by atoms with van der Waals surface area (Å²) >= 11 is 0. The maximum Gasteiger partial charge on any atom is 0.350 e. The molecule has 2 atom stereocenters. The van der Waals surface area contributed by atoms with Gasteiger partial charge in [0, 0.05) is 20.0 Å². The van der Waals surface area contributed by atoms with Crippen LogP contribution in [0.4, 0.5) is 0 Å². The molecule has 0 saturated heterocycles. The Hall–Kier alpha value is -4.50. The van der Waals surface area contributed by atoms with Crippen molar-refractivity contribution >= 4 is 23.8 Å². The fourth-order valence-corrected chi connectivity index (χ4v) is 4.36. The van der Waals surface area contributed by atoms with E-state index in [1.807, 2.05) is 42.5 Å². The molecule has 0 heterocycles. The standard InChI is InChI=1S/C33H38N2O7/c1-24(20-29(36)35-21-28(30(37)34-2)27-16-10-5-11-17-27)18-19-33(40,31(38)41-22-25-12-6-3-7-13-25)32(39)42-23-26-14-8-4-9-15-26/h3-17,24,28,40H,18-23H2,1-2H3,(H,34,37)(H,35,36). The minimum Gasteiger partial charge on any atom is -0.458 e. The van der Waals surface area contributed by atoms with Gasteiger partial charge in [-0.15, -0.1) is 0 Å². The number of amides is 2. The lowest BCUT2D eigenvalue weighted by Crippen LogP contribution is -2.49. The van der Waals surface area contributed by atoms with Gasteiger partial charge in [0.05, 0.1) is 5.92 Å². The highest BCUT2D eigenvalue weighted by Gasteiger charge is 2.47. The van der Waals surface area contributed by atoms with Crippen molar-refractivity contribution < 1.29 is 33.8 Å². The van der Waals surface area contributed by atoms with Crippen LogP contribution in [0.3, 0.4) is 0 Å². The Morgan fingerprint density at radius 1 is 0.786 bits per heavy atom. The van der Waals surface area contributed by atoms with Gasteiger partial charge in [-0.25, -0.2) is 9.59 Å². The van der Waals surface area contributed by atoms with Crippen LogP contribution in [0.15, 0.2) is 91.0 Å². The molecule has 3 rings (SSSR count). The van der Waals surface area contributed by atoms with Crippen LogP contribution < -0.4 is 10.6 Å². The highest BCUT2D eigenvalue weighted by Crippen LogP contribution is 2.24. The molecule has 0 aliphatic rings. The van der Waals surface area contributed by atoms with E-state index in [4.69, 9.17) is 9.47 Å². The highest BCUT2D eigenvalue weighted by molar-refractivity contribution is 6.03. The Balaban J connectivity index is 1.60. The van der Waals surface area contributed by atoms with Gasteiger partial charge < -0.3 is 25.2 Å². The van der Waals surface area contributed by atoms with E-state index in [0.717, 1.165) is 5.56 Å². The summed E-state index contributed by atoms with van der Waals surface area (Å²) in [6.07, 6.45) is -0.0839. The van der Waals surface area contributed by atoms with Crippen molar-refractivity contribution in [3.63, 3.8) is 0 Å². The summed E-state index contributed by atoms with van der Waals surface area (Å²) < 4.78 is 10.6. The number of carbonyl (C=O) groups is 4. The minimum absolute atomic E-state index is 0.0590. The summed E-state index contributed by atoms with van der Waals surface area (Å²) in [5.41, 5.74) is -0.382. The molecular weight excluding hydrogens is 536 g/mol. The number of hydrogen-bond acceptors (Lipinski definition) is 7. The van der Waals surface area contributed by atoms with Gasteiger partial charge in [-0.3, -0.25) is 9.59 Å². The molecule has 2 unspecified atom stereocenters. The summed E-state index contributed by atoms with van der Waals surface area (Å²) in [5, 5.41) is 16.7. The Morgan fingerprint density at radius 3 is 1.74 bits per heavy atom. The van der Waals surface area contributed by atoms with E-state index in [9.17, 15) is 24.3 Å². The van der Waals surface area contributed by atoms with Gasteiger partial charge in [0.15, 0.2) is 0 Å². The Kier molecular flexibility index (Phi) is 12.3. The smallest absolute Gasteiger partial charge is 0.350 e. The van der Waals surface area contributed by atoms with Crippen LogP contribution in [0.5, 0.6) is 0 Å². The van der Waals surface area contributed by atoms with Crippen molar-refractivity contribution in [1.29, 1.82) is 0 Å². The third-order valence-corrected chi connectivity index (χ3v) is 6.90. The molecule has 222 valence electrons. The van der Waals surface area contributed by atoms with Gasteiger partial charge in [-0.1, -0.05) is 97.9 Å². The molecule has 0 aromatic heterocycles. The second kappa shape index (κ2) is 16.1. The Labute approximate surface area is 246 Å². The Bertz CT molecular complexity index is 1240. The summed E-state index contributed by atoms with van der Waals surface area (Å²) in [6, 6.07) is 27.0. The van der Waals surface area contributed by atoms with Gasteiger partial charge in [-0.05, 0) is 35.4 Å². The first-order valence-corrected chi connectivity index (χ1v) is 13.9. The molecular formula is C33H38N2O7. The van der Waals surface area contributed by atoms with Crippen LogP contribution in [0.25, 0.3) is 0 Å². The molecule has 0 saturated carbocycles. The van der Waals surface area contributed by atoms with Gasteiger partial charge in [0.1, 0.15) is 13.2 Å². The molecule has 0 aliphatic heterocycles. The molecule has 0 radical (unpaired) electrons. The number of carbonyl (C=O) groups excluding carboxylic acids is 4. The van der Waals surface area contributed by atoms with Crippen molar-refractivity contribution in [3.05, 3.63) is 108 Å². The molecule has 9 nitrogen and oxygen atoms in total. The van der Waals surface area contributed by atoms with E-state index in [1.165, 1.54) is 0 Å². The predicted molar refractivity (Wildman–Crippen MR) is 157 cm³/mol. The van der Waals surface area contributed by atoms with Crippen LogP contribution in [-0.4, -0.2) is 48.1 Å². The van der Waals surface area contributed by atoms with E-state index < -0.39 is 23.5 Å². The van der Waals surface area contributed by atoms with Gasteiger partial charge >= 0.3 is 11.9 Å². The summed E-state index contributed by atoms with van der Waals surface area (Å²) in [5.74, 6) is -3.61. The monoisotopic (exact) mass is 574 g/mol. The molecule has 3 aromatic carbocycles. The predicted octanol–water partition coefficient (Wildman–Crippen LogP) is 3.66. The second-order valence-corrected chi connectivity index (χ2v) is 10.2. The molecule has 2 amide bonds. The van der Waals surface area contributed by atoms with Crippen LogP contribution in [0, 0.1) is 5.92 Å². The first-order chi connectivity index (χ1) is 20.2. The van der Waals surface area contributed by atoms with E-state index in [2.05, 4.69) is 10.6 Å². The van der Waals surface area contributed by atoms with Crippen LogP contribution in [0.1, 0.15) is 48.8 Å².